The number of hydrogen-bond acceptors (Lipinski definition) is 4. The molecular weight excluding hydrogens is 310 g/mol. The maximum atomic E-state index is 13.4. The van der Waals surface area contributed by atoms with Gasteiger partial charge in [-0.25, -0.2) is 13.6 Å². The SMILES string of the molecule is CN(CCNC(=O)Cc1cccc(F)c1F)CC(=O)NC(N)=O. The lowest BCUT2D eigenvalue weighted by Gasteiger charge is -2.15. The summed E-state index contributed by atoms with van der Waals surface area (Å²) < 4.78 is 26.4. The molecule has 0 aliphatic heterocycles. The zero-order valence-electron chi connectivity index (χ0n) is 12.6. The highest BCUT2D eigenvalue weighted by Gasteiger charge is 2.12. The Hall–Kier alpha value is -2.55. The van der Waals surface area contributed by atoms with E-state index in [1.807, 2.05) is 5.32 Å². The predicted octanol–water partition coefficient (Wildman–Crippen LogP) is -0.250. The molecule has 1 rings (SSSR count). The van der Waals surface area contributed by atoms with Gasteiger partial charge in [-0.1, -0.05) is 12.1 Å². The van der Waals surface area contributed by atoms with Gasteiger partial charge in [0, 0.05) is 18.7 Å². The molecule has 0 saturated heterocycles. The lowest BCUT2D eigenvalue weighted by molar-refractivity contribution is -0.120. The first-order chi connectivity index (χ1) is 10.8. The first kappa shape index (κ1) is 18.5. The Labute approximate surface area is 131 Å². The summed E-state index contributed by atoms with van der Waals surface area (Å²) in [5, 5.41) is 4.44. The molecule has 23 heavy (non-hydrogen) atoms. The van der Waals surface area contributed by atoms with Gasteiger partial charge in [-0.3, -0.25) is 19.8 Å². The van der Waals surface area contributed by atoms with Crippen molar-refractivity contribution < 1.29 is 23.2 Å². The third-order valence-electron chi connectivity index (χ3n) is 2.87. The van der Waals surface area contributed by atoms with E-state index >= 15 is 0 Å². The summed E-state index contributed by atoms with van der Waals surface area (Å²) in [4.78, 5) is 35.0. The fraction of sp³-hybridized carbons (Fsp3) is 0.357. The molecule has 0 fully saturated rings. The number of nitrogens with zero attached hydrogens (tertiary/aromatic N) is 1. The highest BCUT2D eigenvalue weighted by atomic mass is 19.2. The molecule has 0 aromatic heterocycles. The molecule has 0 bridgehead atoms. The van der Waals surface area contributed by atoms with Crippen molar-refractivity contribution in [1.29, 1.82) is 0 Å². The van der Waals surface area contributed by atoms with E-state index in [4.69, 9.17) is 5.73 Å². The number of amides is 4. The standard InChI is InChI=1S/C14H18F2N4O3/c1-20(8-12(22)19-14(17)23)6-5-18-11(21)7-9-3-2-4-10(15)13(9)16/h2-4H,5-8H2,1H3,(H,18,21)(H3,17,19,22,23). The number of carbonyl (C=O) groups excluding carboxylic acids is 3. The van der Waals surface area contributed by atoms with Crippen molar-refractivity contribution in [2.75, 3.05) is 26.7 Å². The lowest BCUT2D eigenvalue weighted by Crippen LogP contribution is -2.43. The summed E-state index contributed by atoms with van der Waals surface area (Å²) in [5.74, 6) is -3.07. The first-order valence-corrected chi connectivity index (χ1v) is 6.77. The van der Waals surface area contributed by atoms with Gasteiger partial charge in [0.1, 0.15) is 0 Å². The number of urea groups is 1. The van der Waals surface area contributed by atoms with Gasteiger partial charge in [0.25, 0.3) is 0 Å². The lowest BCUT2D eigenvalue weighted by atomic mass is 10.1. The molecule has 1 aromatic rings. The molecule has 9 heteroatoms. The van der Waals surface area contributed by atoms with Crippen LogP contribution in [0.3, 0.4) is 0 Å². The van der Waals surface area contributed by atoms with E-state index in [9.17, 15) is 23.2 Å². The Morgan fingerprint density at radius 3 is 2.57 bits per heavy atom. The van der Waals surface area contributed by atoms with Crippen LogP contribution in [0.5, 0.6) is 0 Å². The van der Waals surface area contributed by atoms with Crippen LogP contribution in [-0.2, 0) is 16.0 Å². The van der Waals surface area contributed by atoms with Crippen LogP contribution in [-0.4, -0.2) is 49.4 Å². The van der Waals surface area contributed by atoms with Gasteiger partial charge in [-0.05, 0) is 13.1 Å². The van der Waals surface area contributed by atoms with Crippen molar-refractivity contribution in [1.82, 2.24) is 15.5 Å². The highest BCUT2D eigenvalue weighted by Crippen LogP contribution is 2.11. The summed E-state index contributed by atoms with van der Waals surface area (Å²) in [6.45, 7) is 0.455. The molecule has 1 aromatic carbocycles. The summed E-state index contributed by atoms with van der Waals surface area (Å²) in [7, 11) is 1.61. The van der Waals surface area contributed by atoms with Crippen molar-refractivity contribution in [2.45, 2.75) is 6.42 Å². The fourth-order valence-electron chi connectivity index (χ4n) is 1.81. The summed E-state index contributed by atoms with van der Waals surface area (Å²) in [6, 6.07) is 2.70. The second-order valence-corrected chi connectivity index (χ2v) is 4.89. The van der Waals surface area contributed by atoms with Crippen molar-refractivity contribution >= 4 is 17.8 Å². The van der Waals surface area contributed by atoms with Crippen LogP contribution in [0.25, 0.3) is 0 Å². The molecule has 7 nitrogen and oxygen atoms in total. The van der Waals surface area contributed by atoms with Crippen LogP contribution in [0, 0.1) is 11.6 Å². The van der Waals surface area contributed by atoms with E-state index in [1.165, 1.54) is 12.1 Å². The Bertz CT molecular complexity index is 595. The van der Waals surface area contributed by atoms with Crippen LogP contribution >= 0.6 is 0 Å². The molecule has 126 valence electrons. The van der Waals surface area contributed by atoms with Gasteiger partial charge < -0.3 is 11.1 Å². The third-order valence-corrected chi connectivity index (χ3v) is 2.87. The predicted molar refractivity (Wildman–Crippen MR) is 78.3 cm³/mol. The van der Waals surface area contributed by atoms with Crippen molar-refractivity contribution in [3.05, 3.63) is 35.4 Å². The zero-order chi connectivity index (χ0) is 17.4. The number of nitrogens with two attached hydrogens (primary N) is 1. The topological polar surface area (TPSA) is 105 Å². The highest BCUT2D eigenvalue weighted by molar-refractivity contribution is 5.94. The van der Waals surface area contributed by atoms with E-state index in [0.717, 1.165) is 6.07 Å². The molecule has 0 atom stereocenters. The number of likely N-dealkylation sites (N-methyl/N-ethyl adjacent to an activating group) is 1. The molecule has 0 spiro atoms. The first-order valence-electron chi connectivity index (χ1n) is 6.77. The van der Waals surface area contributed by atoms with Crippen molar-refractivity contribution in [3.63, 3.8) is 0 Å². The molecular formula is C14H18F2N4O3. The molecule has 0 aliphatic rings. The smallest absolute Gasteiger partial charge is 0.318 e. The molecule has 0 heterocycles. The van der Waals surface area contributed by atoms with E-state index in [-0.39, 0.29) is 25.1 Å². The Balaban J connectivity index is 2.32. The maximum absolute atomic E-state index is 13.4. The third kappa shape index (κ3) is 6.83. The van der Waals surface area contributed by atoms with E-state index < -0.39 is 29.5 Å². The minimum Gasteiger partial charge on any atom is -0.355 e. The number of imide groups is 1. The summed E-state index contributed by atoms with van der Waals surface area (Å²) in [6.07, 6.45) is -0.282. The maximum Gasteiger partial charge on any atom is 0.318 e. The molecule has 4 N–H and O–H groups in total. The number of hydrogen-bond donors (Lipinski definition) is 3. The normalized spacial score (nSPS) is 10.4. The van der Waals surface area contributed by atoms with Crippen LogP contribution in [0.15, 0.2) is 18.2 Å². The van der Waals surface area contributed by atoms with Crippen LogP contribution in [0.4, 0.5) is 13.6 Å². The average Bonchev–Trinajstić information content (AvgIpc) is 2.42. The van der Waals surface area contributed by atoms with Crippen molar-refractivity contribution in [3.8, 4) is 0 Å². The summed E-state index contributed by atoms with van der Waals surface area (Å²) in [5.41, 5.74) is 4.77. The van der Waals surface area contributed by atoms with Gasteiger partial charge in [0.2, 0.25) is 11.8 Å². The van der Waals surface area contributed by atoms with Gasteiger partial charge in [0.15, 0.2) is 11.6 Å². The van der Waals surface area contributed by atoms with Gasteiger partial charge >= 0.3 is 6.03 Å². The van der Waals surface area contributed by atoms with E-state index in [2.05, 4.69) is 5.32 Å². The molecule has 4 amide bonds. The fourth-order valence-corrected chi connectivity index (χ4v) is 1.81. The number of benzene rings is 1. The quantitative estimate of drug-likeness (QED) is 0.642. The second-order valence-electron chi connectivity index (χ2n) is 4.89. The summed E-state index contributed by atoms with van der Waals surface area (Å²) >= 11 is 0. The van der Waals surface area contributed by atoms with Crippen molar-refractivity contribution in [2.24, 2.45) is 5.73 Å². The zero-order valence-corrected chi connectivity index (χ0v) is 12.6. The number of primary amides is 1. The minimum atomic E-state index is -1.04. The van der Waals surface area contributed by atoms with Crippen LogP contribution in [0.1, 0.15) is 5.56 Å². The minimum absolute atomic E-state index is 0.0308. The number of nitrogens with one attached hydrogen (secondary N) is 2. The van der Waals surface area contributed by atoms with Crippen LogP contribution < -0.4 is 16.4 Å². The number of carbonyl (C=O) groups is 3. The number of halogens is 2. The van der Waals surface area contributed by atoms with Crippen LogP contribution in [0.2, 0.25) is 0 Å². The van der Waals surface area contributed by atoms with E-state index in [1.54, 1.807) is 11.9 Å². The Kier molecular flexibility index (Phi) is 7.07. The Morgan fingerprint density at radius 1 is 1.22 bits per heavy atom. The van der Waals surface area contributed by atoms with Gasteiger partial charge in [-0.15, -0.1) is 0 Å². The van der Waals surface area contributed by atoms with Gasteiger partial charge in [-0.2, -0.15) is 0 Å². The molecule has 0 saturated carbocycles. The van der Waals surface area contributed by atoms with Gasteiger partial charge in [0.05, 0.1) is 13.0 Å². The second kappa shape index (κ2) is 8.79. The molecule has 0 unspecified atom stereocenters. The van der Waals surface area contributed by atoms with E-state index in [0.29, 0.717) is 6.54 Å². The molecule has 0 aliphatic carbocycles. The molecule has 0 radical (unpaired) electrons. The largest absolute Gasteiger partial charge is 0.355 e. The monoisotopic (exact) mass is 328 g/mol. The number of rotatable bonds is 7. The average molecular weight is 328 g/mol. The Morgan fingerprint density at radius 2 is 1.91 bits per heavy atom.